The summed E-state index contributed by atoms with van der Waals surface area (Å²) in [6.07, 6.45) is 7.24. The first-order chi connectivity index (χ1) is 10.3. The van der Waals surface area contributed by atoms with E-state index in [1.54, 1.807) is 13.5 Å². The molecule has 1 aliphatic rings. The number of aromatic nitrogens is 3. The minimum absolute atomic E-state index is 0.451. The number of hydrogen-bond acceptors (Lipinski definition) is 4. The first kappa shape index (κ1) is 14.4. The molecule has 7 heteroatoms. The van der Waals surface area contributed by atoms with Gasteiger partial charge in [0.05, 0.1) is 6.20 Å². The van der Waals surface area contributed by atoms with E-state index in [0.29, 0.717) is 12.1 Å². The zero-order valence-electron chi connectivity index (χ0n) is 12.4. The van der Waals surface area contributed by atoms with Gasteiger partial charge in [0.15, 0.2) is 5.65 Å². The summed E-state index contributed by atoms with van der Waals surface area (Å²) >= 11 is 0. The standard InChI is InChI=1S/C14H20B2N5/c1-2-3-10-9-14(21-13(18-10)6-7-17-21)19-11-4-5-12(8-11)20-16-15/h6-7,9,11-12,19-20H,2-5,8H2,1H3/t11-,12-/m1/s1. The van der Waals surface area contributed by atoms with Gasteiger partial charge in [-0.05, 0) is 31.7 Å². The van der Waals surface area contributed by atoms with Gasteiger partial charge in [-0.2, -0.15) is 9.61 Å². The van der Waals surface area contributed by atoms with Crippen molar-refractivity contribution in [3.63, 3.8) is 0 Å². The second-order valence-electron chi connectivity index (χ2n) is 5.67. The number of nitrogens with one attached hydrogen (secondary N) is 2. The molecule has 107 valence electrons. The van der Waals surface area contributed by atoms with E-state index < -0.39 is 0 Å². The lowest BCUT2D eigenvalue weighted by molar-refractivity contribution is 0.636. The van der Waals surface area contributed by atoms with E-state index in [1.807, 2.05) is 10.6 Å². The molecule has 21 heavy (non-hydrogen) atoms. The number of hydrogen-bond donors (Lipinski definition) is 2. The molecular formula is C14H20B2N5. The van der Waals surface area contributed by atoms with Gasteiger partial charge in [-0.3, -0.25) is 0 Å². The molecule has 5 nitrogen and oxygen atoms in total. The summed E-state index contributed by atoms with van der Waals surface area (Å²) in [7, 11) is 6.99. The van der Waals surface area contributed by atoms with E-state index in [-0.39, 0.29) is 0 Å². The molecule has 3 rings (SSSR count). The molecule has 0 bridgehead atoms. The Morgan fingerprint density at radius 1 is 1.43 bits per heavy atom. The van der Waals surface area contributed by atoms with Crippen LogP contribution in [-0.4, -0.2) is 41.7 Å². The summed E-state index contributed by atoms with van der Waals surface area (Å²) in [5, 5.41) is 11.2. The fraction of sp³-hybridized carbons (Fsp3) is 0.571. The molecular weight excluding hydrogens is 260 g/mol. The van der Waals surface area contributed by atoms with Crippen LogP contribution >= 0.6 is 0 Å². The van der Waals surface area contributed by atoms with Crippen LogP contribution in [0.3, 0.4) is 0 Å². The highest BCUT2D eigenvalue weighted by Gasteiger charge is 2.24. The van der Waals surface area contributed by atoms with Crippen molar-refractivity contribution < 1.29 is 0 Å². The molecule has 1 aliphatic carbocycles. The van der Waals surface area contributed by atoms with Crippen molar-refractivity contribution in [2.24, 2.45) is 0 Å². The molecule has 0 amide bonds. The Morgan fingerprint density at radius 3 is 3.10 bits per heavy atom. The van der Waals surface area contributed by atoms with Crippen LogP contribution in [0, 0.1) is 0 Å². The highest BCUT2D eigenvalue weighted by Crippen LogP contribution is 2.23. The van der Waals surface area contributed by atoms with Crippen LogP contribution in [-0.2, 0) is 6.42 Å². The number of aryl methyl sites for hydroxylation is 1. The Kier molecular flexibility index (Phi) is 4.48. The Bertz CT molecular complexity index is 600. The van der Waals surface area contributed by atoms with Crippen molar-refractivity contribution in [1.29, 1.82) is 0 Å². The molecule has 2 heterocycles. The normalized spacial score (nSPS) is 21.8. The van der Waals surface area contributed by atoms with Crippen molar-refractivity contribution in [2.45, 2.75) is 51.1 Å². The molecule has 2 aromatic heterocycles. The van der Waals surface area contributed by atoms with E-state index in [2.05, 4.69) is 33.6 Å². The lowest BCUT2D eigenvalue weighted by Crippen LogP contribution is -2.31. The van der Waals surface area contributed by atoms with Gasteiger partial charge in [-0.25, -0.2) is 4.98 Å². The van der Waals surface area contributed by atoms with E-state index in [9.17, 15) is 0 Å². The van der Waals surface area contributed by atoms with E-state index in [0.717, 1.165) is 49.3 Å². The van der Waals surface area contributed by atoms with Crippen molar-refractivity contribution in [3.8, 4) is 0 Å². The number of nitrogens with zero attached hydrogens (tertiary/aromatic N) is 3. The van der Waals surface area contributed by atoms with E-state index >= 15 is 0 Å². The fourth-order valence-corrected chi connectivity index (χ4v) is 3.06. The maximum Gasteiger partial charge on any atom is 0.157 e. The van der Waals surface area contributed by atoms with E-state index in [4.69, 9.17) is 7.74 Å². The molecule has 0 aromatic carbocycles. The SMILES string of the molecule is [B][B]N[C@@H]1CC[C@@H](Nc2cc(CCC)nc3ccnn23)C1. The van der Waals surface area contributed by atoms with Crippen molar-refractivity contribution in [2.75, 3.05) is 5.32 Å². The van der Waals surface area contributed by atoms with Gasteiger partial charge in [0.2, 0.25) is 0 Å². The van der Waals surface area contributed by atoms with Gasteiger partial charge < -0.3 is 10.5 Å². The third-order valence-electron chi connectivity index (χ3n) is 4.04. The summed E-state index contributed by atoms with van der Waals surface area (Å²) in [6.45, 7) is 2.17. The molecule has 2 aromatic rings. The summed E-state index contributed by atoms with van der Waals surface area (Å²) in [5.74, 6) is 1.04. The van der Waals surface area contributed by atoms with Crippen LogP contribution in [0.25, 0.3) is 5.65 Å². The molecule has 1 saturated carbocycles. The third kappa shape index (κ3) is 3.23. The Hall–Kier alpha value is -1.49. The highest BCUT2D eigenvalue weighted by atomic mass is 15.3. The highest BCUT2D eigenvalue weighted by molar-refractivity contribution is 6.87. The molecule has 2 atom stereocenters. The van der Waals surface area contributed by atoms with Crippen LogP contribution in [0.1, 0.15) is 38.3 Å². The topological polar surface area (TPSA) is 54.2 Å². The second-order valence-corrected chi connectivity index (χ2v) is 5.67. The van der Waals surface area contributed by atoms with Gasteiger partial charge in [-0.15, -0.1) is 0 Å². The molecule has 2 N–H and O–H groups in total. The van der Waals surface area contributed by atoms with E-state index in [1.165, 1.54) is 0 Å². The minimum atomic E-state index is 0.451. The van der Waals surface area contributed by atoms with Crippen LogP contribution < -0.4 is 10.5 Å². The van der Waals surface area contributed by atoms with Crippen LogP contribution in [0.2, 0.25) is 0 Å². The first-order valence-electron chi connectivity index (χ1n) is 7.69. The summed E-state index contributed by atoms with van der Waals surface area (Å²) in [4.78, 5) is 4.63. The minimum Gasteiger partial charge on any atom is -0.367 e. The zero-order chi connectivity index (χ0) is 14.7. The molecule has 0 aliphatic heterocycles. The third-order valence-corrected chi connectivity index (χ3v) is 4.04. The van der Waals surface area contributed by atoms with Crippen molar-refractivity contribution >= 4 is 26.5 Å². The van der Waals surface area contributed by atoms with Gasteiger partial charge in [0.1, 0.15) is 13.1 Å². The Morgan fingerprint density at radius 2 is 2.29 bits per heavy atom. The average molecular weight is 280 g/mol. The predicted molar refractivity (Wildman–Crippen MR) is 86.7 cm³/mol. The molecule has 1 fully saturated rings. The van der Waals surface area contributed by atoms with Gasteiger partial charge in [0, 0.05) is 31.6 Å². The predicted octanol–water partition coefficient (Wildman–Crippen LogP) is 1.31. The van der Waals surface area contributed by atoms with Crippen molar-refractivity contribution in [3.05, 3.63) is 24.0 Å². The number of anilines is 1. The Labute approximate surface area is 127 Å². The molecule has 0 saturated heterocycles. The quantitative estimate of drug-likeness (QED) is 0.783. The van der Waals surface area contributed by atoms with Crippen LogP contribution in [0.5, 0.6) is 0 Å². The molecule has 0 unspecified atom stereocenters. The zero-order valence-corrected chi connectivity index (χ0v) is 12.4. The monoisotopic (exact) mass is 280 g/mol. The maximum absolute atomic E-state index is 5.44. The Balaban J connectivity index is 1.78. The molecule has 0 spiro atoms. The fourth-order valence-electron chi connectivity index (χ4n) is 3.06. The summed E-state index contributed by atoms with van der Waals surface area (Å²) in [6, 6.07) is 5.00. The van der Waals surface area contributed by atoms with Crippen LogP contribution in [0.4, 0.5) is 5.82 Å². The largest absolute Gasteiger partial charge is 0.367 e. The summed E-state index contributed by atoms with van der Waals surface area (Å²) < 4.78 is 1.88. The van der Waals surface area contributed by atoms with Gasteiger partial charge >= 0.3 is 0 Å². The average Bonchev–Trinajstić information content (AvgIpc) is 3.09. The second kappa shape index (κ2) is 6.52. The maximum atomic E-state index is 5.44. The van der Waals surface area contributed by atoms with Gasteiger partial charge in [-0.1, -0.05) is 13.3 Å². The molecule has 3 radical (unpaired) electrons. The first-order valence-corrected chi connectivity index (χ1v) is 7.69. The lowest BCUT2D eigenvalue weighted by Gasteiger charge is -2.16. The smallest absolute Gasteiger partial charge is 0.157 e. The van der Waals surface area contributed by atoms with Gasteiger partial charge in [0.25, 0.3) is 0 Å². The van der Waals surface area contributed by atoms with Crippen LogP contribution in [0.15, 0.2) is 18.3 Å². The van der Waals surface area contributed by atoms with Crippen molar-refractivity contribution in [1.82, 2.24) is 19.8 Å². The lowest BCUT2D eigenvalue weighted by atomic mass is 9.66. The number of fused-ring (bicyclic) bond motifs is 1. The summed E-state index contributed by atoms with van der Waals surface area (Å²) in [5.41, 5.74) is 2.03. The number of rotatable bonds is 6.